The van der Waals surface area contributed by atoms with E-state index >= 15 is 0 Å². The van der Waals surface area contributed by atoms with Crippen LogP contribution in [0.1, 0.15) is 18.7 Å². The van der Waals surface area contributed by atoms with Crippen molar-refractivity contribution in [2.24, 2.45) is 0 Å². The van der Waals surface area contributed by atoms with Gasteiger partial charge in [-0.1, -0.05) is 6.07 Å². The zero-order valence-electron chi connectivity index (χ0n) is 11.0. The fourth-order valence-electron chi connectivity index (χ4n) is 1.39. The van der Waals surface area contributed by atoms with Crippen molar-refractivity contribution in [1.82, 2.24) is 4.90 Å². The van der Waals surface area contributed by atoms with E-state index < -0.39 is 12.4 Å². The Morgan fingerprint density at radius 3 is 2.44 bits per heavy atom. The fraction of sp³-hybridized carbons (Fsp3) is 0.455. The van der Waals surface area contributed by atoms with Crippen LogP contribution >= 0.6 is 11.3 Å². The van der Waals surface area contributed by atoms with Crippen molar-refractivity contribution < 1.29 is 64.3 Å². The molecule has 0 amide bonds. The molecule has 1 heterocycles. The largest absolute Gasteiger partial charge is 1.00 e. The van der Waals surface area contributed by atoms with E-state index in [-0.39, 0.29) is 64.0 Å². The molecule has 0 spiro atoms. The predicted octanol–water partition coefficient (Wildman–Crippen LogP) is 0.905. The number of hydrogen-bond acceptors (Lipinski definition) is 2. The molecule has 18 heavy (non-hydrogen) atoms. The van der Waals surface area contributed by atoms with Crippen LogP contribution in [0.25, 0.3) is 0 Å². The summed E-state index contributed by atoms with van der Waals surface area (Å²) < 4.78 is 37.5. The summed E-state index contributed by atoms with van der Waals surface area (Å²) in [5.74, 6) is 0. The van der Waals surface area contributed by atoms with Crippen LogP contribution in [0, 0.1) is 0 Å². The van der Waals surface area contributed by atoms with Crippen LogP contribution in [0.15, 0.2) is 29.6 Å². The van der Waals surface area contributed by atoms with Crippen LogP contribution in [0.5, 0.6) is 0 Å². The first-order valence-electron chi connectivity index (χ1n) is 5.44. The van der Waals surface area contributed by atoms with Gasteiger partial charge in [0.25, 0.3) is 0 Å². The second kappa shape index (κ2) is 8.24. The summed E-state index contributed by atoms with van der Waals surface area (Å²) >= 11 is 1.56. The number of hydrogen-bond donors (Lipinski definition) is 0. The van der Waals surface area contributed by atoms with Gasteiger partial charge in [0.1, 0.15) is 0 Å². The topological polar surface area (TPSA) is 3.24 Å². The van der Waals surface area contributed by atoms with Gasteiger partial charge in [0.15, 0.2) is 0 Å². The molecule has 0 saturated heterocycles. The summed E-state index contributed by atoms with van der Waals surface area (Å²) in [4.78, 5) is 2.85. The van der Waals surface area contributed by atoms with Crippen LogP contribution < -0.4 is 51.4 Å². The molecule has 1 aromatic heterocycles. The van der Waals surface area contributed by atoms with Crippen LogP contribution in [-0.4, -0.2) is 24.5 Å². The molecular formula is C11H16BF3KNS. The van der Waals surface area contributed by atoms with Gasteiger partial charge in [-0.15, -0.1) is 23.4 Å². The van der Waals surface area contributed by atoms with Crippen molar-refractivity contribution in [2.45, 2.75) is 26.4 Å². The molecule has 0 aliphatic carbocycles. The van der Waals surface area contributed by atoms with E-state index in [1.54, 1.807) is 16.2 Å². The number of thiophene rings is 1. The van der Waals surface area contributed by atoms with Gasteiger partial charge in [0, 0.05) is 17.5 Å². The molecule has 0 aliphatic heterocycles. The molecular weight excluding hydrogens is 285 g/mol. The van der Waals surface area contributed by atoms with Gasteiger partial charge in [-0.25, -0.2) is 0 Å². The molecule has 1 nitrogen and oxygen atoms in total. The van der Waals surface area contributed by atoms with E-state index in [0.29, 0.717) is 6.54 Å². The Morgan fingerprint density at radius 2 is 2.06 bits per heavy atom. The Kier molecular flexibility index (Phi) is 8.65. The average Bonchev–Trinajstić information content (AvgIpc) is 2.67. The Labute approximate surface area is 153 Å². The van der Waals surface area contributed by atoms with Crippen molar-refractivity contribution in [3.63, 3.8) is 0 Å². The second-order valence-corrected chi connectivity index (χ2v) is 5.34. The van der Waals surface area contributed by atoms with E-state index in [1.807, 2.05) is 31.4 Å². The molecule has 96 valence electrons. The summed E-state index contributed by atoms with van der Waals surface area (Å²) in [6.07, 6.45) is 0. The minimum absolute atomic E-state index is 0. The van der Waals surface area contributed by atoms with Gasteiger partial charge in [-0.2, -0.15) is 0 Å². The first-order valence-corrected chi connectivity index (χ1v) is 6.32. The molecule has 1 rings (SSSR count). The first kappa shape index (κ1) is 18.9. The summed E-state index contributed by atoms with van der Waals surface area (Å²) in [6, 6.07) is 3.90. The standard InChI is InChI=1S/C11H16BF3NS.K/c1-9(2)16(7-10(3)12(13,14)15)8-11-5-4-6-17-11;/h4-6,9H,3,7-8H2,1-2H3;/q-1;+1. The van der Waals surface area contributed by atoms with Crippen LogP contribution in [0.2, 0.25) is 0 Å². The maximum Gasteiger partial charge on any atom is 1.00 e. The molecule has 7 heteroatoms. The molecule has 0 N–H and O–H groups in total. The smallest absolute Gasteiger partial charge is 0.445 e. The maximum absolute atomic E-state index is 12.5. The summed E-state index contributed by atoms with van der Waals surface area (Å²) in [7, 11) is 0. The molecule has 0 bridgehead atoms. The van der Waals surface area contributed by atoms with Crippen molar-refractivity contribution >= 4 is 18.3 Å². The number of rotatable bonds is 6. The maximum atomic E-state index is 12.5. The van der Waals surface area contributed by atoms with Gasteiger partial charge in [-0.05, 0) is 31.8 Å². The van der Waals surface area contributed by atoms with Gasteiger partial charge in [-0.3, -0.25) is 4.90 Å². The zero-order chi connectivity index (χ0) is 13.1. The SMILES string of the molecule is C=C(CN(Cc1cccs1)C(C)C)[B-](F)(F)F.[K+]. The molecule has 0 aromatic carbocycles. The monoisotopic (exact) mass is 301 g/mol. The number of halogens is 3. The van der Waals surface area contributed by atoms with E-state index in [1.165, 1.54) is 0 Å². The third-order valence-electron chi connectivity index (χ3n) is 2.54. The third kappa shape index (κ3) is 6.36. The molecule has 0 atom stereocenters. The van der Waals surface area contributed by atoms with Crippen molar-refractivity contribution in [3.05, 3.63) is 34.4 Å². The minimum atomic E-state index is -4.93. The van der Waals surface area contributed by atoms with Gasteiger partial charge >= 0.3 is 58.4 Å². The molecule has 0 unspecified atom stereocenters. The molecule has 0 aliphatic rings. The summed E-state index contributed by atoms with van der Waals surface area (Å²) in [6.45, 7) is 2.43. The number of nitrogens with zero attached hydrogens (tertiary/aromatic N) is 1. The van der Waals surface area contributed by atoms with Crippen LogP contribution in [0.3, 0.4) is 0 Å². The quantitative estimate of drug-likeness (QED) is 0.706. The molecule has 0 radical (unpaired) electrons. The minimum Gasteiger partial charge on any atom is -0.445 e. The van der Waals surface area contributed by atoms with E-state index in [2.05, 4.69) is 6.58 Å². The van der Waals surface area contributed by atoms with Crippen LogP contribution in [0.4, 0.5) is 12.9 Å². The Balaban J connectivity index is 0.00000289. The summed E-state index contributed by atoms with van der Waals surface area (Å²) in [5.41, 5.74) is -0.629. The summed E-state index contributed by atoms with van der Waals surface area (Å²) in [5, 5.41) is 1.93. The van der Waals surface area contributed by atoms with E-state index in [4.69, 9.17) is 0 Å². The first-order chi connectivity index (χ1) is 7.80. The average molecular weight is 301 g/mol. The van der Waals surface area contributed by atoms with Crippen molar-refractivity contribution in [1.29, 1.82) is 0 Å². The van der Waals surface area contributed by atoms with E-state index in [9.17, 15) is 12.9 Å². The van der Waals surface area contributed by atoms with Gasteiger partial charge < -0.3 is 12.9 Å². The molecule has 0 fully saturated rings. The molecule has 1 aromatic rings. The van der Waals surface area contributed by atoms with Crippen molar-refractivity contribution in [2.75, 3.05) is 6.54 Å². The van der Waals surface area contributed by atoms with Crippen LogP contribution in [-0.2, 0) is 6.54 Å². The third-order valence-corrected chi connectivity index (χ3v) is 3.40. The Hall–Kier alpha value is 0.891. The Morgan fingerprint density at radius 1 is 1.44 bits per heavy atom. The fourth-order valence-corrected chi connectivity index (χ4v) is 2.12. The van der Waals surface area contributed by atoms with Gasteiger partial charge in [0.05, 0.1) is 0 Å². The Bertz CT molecular complexity index is 365. The second-order valence-electron chi connectivity index (χ2n) is 4.31. The normalized spacial score (nSPS) is 11.7. The van der Waals surface area contributed by atoms with Crippen molar-refractivity contribution in [3.8, 4) is 0 Å². The zero-order valence-corrected chi connectivity index (χ0v) is 14.9. The predicted molar refractivity (Wildman–Crippen MR) is 68.1 cm³/mol. The molecule has 0 saturated carbocycles. The van der Waals surface area contributed by atoms with E-state index in [0.717, 1.165) is 4.88 Å². The van der Waals surface area contributed by atoms with Gasteiger partial charge in [0.2, 0.25) is 0 Å².